The van der Waals surface area contributed by atoms with Crippen molar-refractivity contribution in [1.29, 1.82) is 5.26 Å². The van der Waals surface area contributed by atoms with E-state index in [1.807, 2.05) is 30.3 Å². The van der Waals surface area contributed by atoms with Crippen LogP contribution in [0.4, 0.5) is 5.69 Å². The third-order valence-electron chi connectivity index (χ3n) is 2.59. The highest BCUT2D eigenvalue weighted by Crippen LogP contribution is 2.25. The lowest BCUT2D eigenvalue weighted by atomic mass is 10.2. The van der Waals surface area contributed by atoms with Crippen LogP contribution >= 0.6 is 0 Å². The molecule has 0 aromatic heterocycles. The van der Waals surface area contributed by atoms with Crippen LogP contribution in [0.2, 0.25) is 0 Å². The maximum absolute atomic E-state index is 8.92. The van der Waals surface area contributed by atoms with Crippen molar-refractivity contribution in [3.8, 4) is 17.6 Å². The van der Waals surface area contributed by atoms with E-state index in [4.69, 9.17) is 20.5 Å². The Hall–Kier alpha value is -2.51. The summed E-state index contributed by atoms with van der Waals surface area (Å²) in [5.41, 5.74) is 7.54. The molecular formula is C15H14N2O2. The van der Waals surface area contributed by atoms with Gasteiger partial charge < -0.3 is 15.2 Å². The number of anilines is 1. The molecule has 2 aromatic rings. The van der Waals surface area contributed by atoms with E-state index in [-0.39, 0.29) is 0 Å². The standard InChI is InChI=1S/C15H14N2O2/c1-18-10-11-3-2-4-13(7-11)19-14-5-6-15(17)12(8-14)9-16/h2-8H,10,17H2,1H3. The molecule has 0 saturated carbocycles. The van der Waals surface area contributed by atoms with Gasteiger partial charge in [-0.3, -0.25) is 0 Å². The van der Waals surface area contributed by atoms with Crippen LogP contribution in [-0.2, 0) is 11.3 Å². The molecule has 0 unspecified atom stereocenters. The molecule has 0 aliphatic rings. The van der Waals surface area contributed by atoms with Crippen molar-refractivity contribution >= 4 is 5.69 Å². The highest BCUT2D eigenvalue weighted by molar-refractivity contribution is 5.57. The van der Waals surface area contributed by atoms with Crippen molar-refractivity contribution in [2.75, 3.05) is 12.8 Å². The second-order valence-corrected chi connectivity index (χ2v) is 4.04. The lowest BCUT2D eigenvalue weighted by Gasteiger charge is -2.08. The molecule has 0 fully saturated rings. The first-order valence-electron chi connectivity index (χ1n) is 5.78. The number of methoxy groups -OCH3 is 1. The van der Waals surface area contributed by atoms with E-state index in [0.29, 0.717) is 29.4 Å². The zero-order valence-electron chi connectivity index (χ0n) is 10.6. The fourth-order valence-corrected chi connectivity index (χ4v) is 1.70. The number of ether oxygens (including phenoxy) is 2. The molecule has 0 saturated heterocycles. The number of hydrogen-bond donors (Lipinski definition) is 1. The SMILES string of the molecule is COCc1cccc(Oc2ccc(N)c(C#N)c2)c1. The first kappa shape index (κ1) is 12.9. The Balaban J connectivity index is 2.21. The normalized spacial score (nSPS) is 9.89. The van der Waals surface area contributed by atoms with Gasteiger partial charge in [-0.2, -0.15) is 5.26 Å². The first-order chi connectivity index (χ1) is 9.22. The Morgan fingerprint density at radius 2 is 1.95 bits per heavy atom. The van der Waals surface area contributed by atoms with Gasteiger partial charge in [0.1, 0.15) is 17.6 Å². The molecule has 96 valence electrons. The third-order valence-corrected chi connectivity index (χ3v) is 2.59. The van der Waals surface area contributed by atoms with Crippen molar-refractivity contribution in [3.05, 3.63) is 53.6 Å². The van der Waals surface area contributed by atoms with Crippen molar-refractivity contribution in [3.63, 3.8) is 0 Å². The number of hydrogen-bond acceptors (Lipinski definition) is 4. The maximum Gasteiger partial charge on any atom is 0.128 e. The molecule has 0 bridgehead atoms. The number of rotatable bonds is 4. The molecule has 4 heteroatoms. The van der Waals surface area contributed by atoms with Crippen LogP contribution in [0.3, 0.4) is 0 Å². The Morgan fingerprint density at radius 1 is 1.16 bits per heavy atom. The Morgan fingerprint density at radius 3 is 2.68 bits per heavy atom. The monoisotopic (exact) mass is 254 g/mol. The summed E-state index contributed by atoms with van der Waals surface area (Å²) in [6.07, 6.45) is 0. The molecule has 0 spiro atoms. The summed E-state index contributed by atoms with van der Waals surface area (Å²) in [6.45, 7) is 0.530. The predicted molar refractivity (Wildman–Crippen MR) is 72.8 cm³/mol. The minimum absolute atomic E-state index is 0.408. The van der Waals surface area contributed by atoms with E-state index in [1.54, 1.807) is 25.3 Å². The van der Waals surface area contributed by atoms with Crippen molar-refractivity contribution < 1.29 is 9.47 Å². The van der Waals surface area contributed by atoms with Crippen LogP contribution in [0, 0.1) is 11.3 Å². The lowest BCUT2D eigenvalue weighted by Crippen LogP contribution is -1.92. The quantitative estimate of drug-likeness (QED) is 0.851. The van der Waals surface area contributed by atoms with Crippen molar-refractivity contribution in [1.82, 2.24) is 0 Å². The van der Waals surface area contributed by atoms with E-state index in [9.17, 15) is 0 Å². The van der Waals surface area contributed by atoms with E-state index in [2.05, 4.69) is 0 Å². The second-order valence-electron chi connectivity index (χ2n) is 4.04. The van der Waals surface area contributed by atoms with Gasteiger partial charge in [-0.15, -0.1) is 0 Å². The second kappa shape index (κ2) is 5.89. The highest BCUT2D eigenvalue weighted by Gasteiger charge is 2.03. The van der Waals surface area contributed by atoms with E-state index in [1.165, 1.54) is 0 Å². The van der Waals surface area contributed by atoms with Crippen molar-refractivity contribution in [2.24, 2.45) is 0 Å². The molecule has 0 atom stereocenters. The predicted octanol–water partition coefficient (Wildman–Crippen LogP) is 3.08. The van der Waals surface area contributed by atoms with Crippen molar-refractivity contribution in [2.45, 2.75) is 6.61 Å². The molecule has 0 aliphatic carbocycles. The average Bonchev–Trinajstić information content (AvgIpc) is 2.42. The van der Waals surface area contributed by atoms with Gasteiger partial charge in [-0.1, -0.05) is 12.1 Å². The van der Waals surface area contributed by atoms with Crippen LogP contribution in [0.15, 0.2) is 42.5 Å². The molecule has 2 rings (SSSR count). The maximum atomic E-state index is 8.92. The molecule has 0 aliphatic heterocycles. The third kappa shape index (κ3) is 3.24. The summed E-state index contributed by atoms with van der Waals surface area (Å²) in [7, 11) is 1.65. The summed E-state index contributed by atoms with van der Waals surface area (Å²) in [5, 5.41) is 8.92. The van der Waals surface area contributed by atoms with Gasteiger partial charge in [-0.05, 0) is 29.8 Å². The minimum atomic E-state index is 0.408. The van der Waals surface area contributed by atoms with Crippen LogP contribution in [-0.4, -0.2) is 7.11 Å². The van der Waals surface area contributed by atoms with Crippen LogP contribution in [0.1, 0.15) is 11.1 Å². The topological polar surface area (TPSA) is 68.3 Å². The zero-order chi connectivity index (χ0) is 13.7. The summed E-state index contributed by atoms with van der Waals surface area (Å²) in [4.78, 5) is 0. The van der Waals surface area contributed by atoms with Gasteiger partial charge in [-0.25, -0.2) is 0 Å². The van der Waals surface area contributed by atoms with Gasteiger partial charge in [0, 0.05) is 18.9 Å². The Kier molecular flexibility index (Phi) is 4.01. The molecule has 4 nitrogen and oxygen atoms in total. The number of benzene rings is 2. The molecule has 0 amide bonds. The first-order valence-corrected chi connectivity index (χ1v) is 5.78. The van der Waals surface area contributed by atoms with Crippen LogP contribution in [0.25, 0.3) is 0 Å². The molecular weight excluding hydrogens is 240 g/mol. The largest absolute Gasteiger partial charge is 0.457 e. The number of nitrogen functional groups attached to an aromatic ring is 1. The minimum Gasteiger partial charge on any atom is -0.457 e. The number of nitrogens with two attached hydrogens (primary N) is 1. The Labute approximate surface area is 112 Å². The van der Waals surface area contributed by atoms with Crippen LogP contribution < -0.4 is 10.5 Å². The van der Waals surface area contributed by atoms with Gasteiger partial charge in [0.15, 0.2) is 0 Å². The molecule has 0 heterocycles. The fourth-order valence-electron chi connectivity index (χ4n) is 1.70. The van der Waals surface area contributed by atoms with E-state index < -0.39 is 0 Å². The summed E-state index contributed by atoms with van der Waals surface area (Å²) in [6, 6.07) is 14.6. The van der Waals surface area contributed by atoms with E-state index in [0.717, 1.165) is 5.56 Å². The zero-order valence-corrected chi connectivity index (χ0v) is 10.6. The molecule has 19 heavy (non-hydrogen) atoms. The fraction of sp³-hybridized carbons (Fsp3) is 0.133. The Bertz CT molecular complexity index is 618. The average molecular weight is 254 g/mol. The summed E-state index contributed by atoms with van der Waals surface area (Å²) < 4.78 is 10.8. The van der Waals surface area contributed by atoms with Crippen LogP contribution in [0.5, 0.6) is 11.5 Å². The summed E-state index contributed by atoms with van der Waals surface area (Å²) >= 11 is 0. The summed E-state index contributed by atoms with van der Waals surface area (Å²) in [5.74, 6) is 1.28. The number of nitrogens with zero attached hydrogens (tertiary/aromatic N) is 1. The van der Waals surface area contributed by atoms with Gasteiger partial charge >= 0.3 is 0 Å². The van der Waals surface area contributed by atoms with Gasteiger partial charge in [0.05, 0.1) is 12.2 Å². The molecule has 2 aromatic carbocycles. The number of nitriles is 1. The molecule has 2 N–H and O–H groups in total. The smallest absolute Gasteiger partial charge is 0.128 e. The van der Waals surface area contributed by atoms with E-state index >= 15 is 0 Å². The molecule has 0 radical (unpaired) electrons. The highest BCUT2D eigenvalue weighted by atomic mass is 16.5. The van der Waals surface area contributed by atoms with Gasteiger partial charge in [0.25, 0.3) is 0 Å². The van der Waals surface area contributed by atoms with Gasteiger partial charge in [0.2, 0.25) is 0 Å². The lowest BCUT2D eigenvalue weighted by molar-refractivity contribution is 0.184.